The van der Waals surface area contributed by atoms with Crippen LogP contribution in [0, 0.1) is 6.92 Å². The maximum atomic E-state index is 10.8. The van der Waals surface area contributed by atoms with Crippen molar-refractivity contribution in [1.82, 2.24) is 9.97 Å². The number of hydrogen-bond acceptors (Lipinski definition) is 5. The summed E-state index contributed by atoms with van der Waals surface area (Å²) in [6.07, 6.45) is 0. The van der Waals surface area contributed by atoms with Gasteiger partial charge in [0, 0.05) is 0 Å². The zero-order valence-corrected chi connectivity index (χ0v) is 12.1. The van der Waals surface area contributed by atoms with Crippen LogP contribution in [0.1, 0.15) is 16.1 Å². The lowest BCUT2D eigenvalue weighted by atomic mass is 10.3. The van der Waals surface area contributed by atoms with Crippen molar-refractivity contribution in [2.24, 2.45) is 0 Å². The summed E-state index contributed by atoms with van der Waals surface area (Å²) >= 11 is 4.95. The number of thiophene rings is 1. The number of rotatable bonds is 2. The molecular weight excluding hydrogens is 332 g/mol. The summed E-state index contributed by atoms with van der Waals surface area (Å²) in [5.74, 6) is -0.634. The molecule has 0 spiro atoms. The number of oxazole rings is 1. The highest BCUT2D eigenvalue weighted by Crippen LogP contribution is 2.35. The molecule has 0 saturated heterocycles. The molecule has 0 aromatic carbocycles. The molecule has 7 heteroatoms. The van der Waals surface area contributed by atoms with Crippen molar-refractivity contribution < 1.29 is 14.3 Å². The average Bonchev–Trinajstić information content (AvgIpc) is 2.92. The smallest absolute Gasteiger partial charge is 0.354 e. The summed E-state index contributed by atoms with van der Waals surface area (Å²) in [4.78, 5) is 19.9. The van der Waals surface area contributed by atoms with Crippen LogP contribution in [0.4, 0.5) is 0 Å². The van der Waals surface area contributed by atoms with E-state index in [0.29, 0.717) is 17.1 Å². The minimum Gasteiger partial charge on any atom is -0.477 e. The van der Waals surface area contributed by atoms with Crippen LogP contribution in [-0.4, -0.2) is 21.0 Å². The van der Waals surface area contributed by atoms with E-state index < -0.39 is 5.97 Å². The fourth-order valence-electron chi connectivity index (χ4n) is 1.61. The molecule has 0 bridgehead atoms. The Morgan fingerprint density at radius 2 is 2.21 bits per heavy atom. The van der Waals surface area contributed by atoms with E-state index in [-0.39, 0.29) is 5.69 Å². The molecule has 3 aromatic rings. The number of aryl methyl sites for hydroxylation is 1. The van der Waals surface area contributed by atoms with E-state index >= 15 is 0 Å². The summed E-state index contributed by atoms with van der Waals surface area (Å²) in [5, 5.41) is 8.88. The van der Waals surface area contributed by atoms with Gasteiger partial charge < -0.3 is 9.52 Å². The molecule has 0 unspecified atom stereocenters. The van der Waals surface area contributed by atoms with E-state index in [1.54, 1.807) is 6.07 Å². The molecule has 3 rings (SSSR count). The zero-order chi connectivity index (χ0) is 13.6. The Kier molecular flexibility index (Phi) is 2.87. The Labute approximate surface area is 120 Å². The first-order chi connectivity index (χ1) is 9.04. The van der Waals surface area contributed by atoms with Gasteiger partial charge in [0.05, 0.1) is 8.66 Å². The van der Waals surface area contributed by atoms with Crippen molar-refractivity contribution in [3.8, 4) is 10.8 Å². The van der Waals surface area contributed by atoms with Gasteiger partial charge in [-0.3, -0.25) is 0 Å². The second-order valence-electron chi connectivity index (χ2n) is 3.91. The summed E-state index contributed by atoms with van der Waals surface area (Å²) in [7, 11) is 0. The van der Waals surface area contributed by atoms with Gasteiger partial charge in [0.15, 0.2) is 16.9 Å². The lowest BCUT2D eigenvalue weighted by Gasteiger charge is -1.90. The third kappa shape index (κ3) is 2.15. The number of aromatic carboxylic acids is 1. The molecule has 5 nitrogen and oxygen atoms in total. The standard InChI is InChI=1S/C12H7BrN2O3S/c1-5-4-8(19-9(5)13)11-15-10-7(18-11)3-2-6(14-10)12(16)17/h2-4H,1H3,(H,16,17). The van der Waals surface area contributed by atoms with Crippen molar-refractivity contribution in [2.45, 2.75) is 6.92 Å². The number of halogens is 1. The number of carboxylic acid groups (broad SMARTS) is 1. The molecule has 3 aromatic heterocycles. The predicted octanol–water partition coefficient (Wildman–Crippen LogP) is 3.72. The van der Waals surface area contributed by atoms with E-state index in [1.165, 1.54) is 17.4 Å². The zero-order valence-electron chi connectivity index (χ0n) is 9.68. The maximum absolute atomic E-state index is 10.8. The minimum atomic E-state index is -1.08. The van der Waals surface area contributed by atoms with Crippen molar-refractivity contribution in [3.05, 3.63) is 33.2 Å². The molecule has 0 saturated carbocycles. The number of carbonyl (C=O) groups is 1. The third-order valence-corrected chi connectivity index (χ3v) is 4.67. The summed E-state index contributed by atoms with van der Waals surface area (Å²) in [5.41, 5.74) is 1.83. The first kappa shape index (κ1) is 12.3. The maximum Gasteiger partial charge on any atom is 0.354 e. The largest absolute Gasteiger partial charge is 0.477 e. The number of hydrogen-bond donors (Lipinski definition) is 1. The SMILES string of the molecule is Cc1cc(-c2nc3nc(C(=O)O)ccc3o2)sc1Br. The van der Waals surface area contributed by atoms with E-state index in [1.807, 2.05) is 13.0 Å². The van der Waals surface area contributed by atoms with Crippen LogP contribution in [0.5, 0.6) is 0 Å². The number of fused-ring (bicyclic) bond motifs is 1. The molecule has 0 aliphatic carbocycles. The molecule has 0 aliphatic heterocycles. The second kappa shape index (κ2) is 4.43. The Morgan fingerprint density at radius 3 is 2.84 bits per heavy atom. The van der Waals surface area contributed by atoms with Crippen LogP contribution in [0.3, 0.4) is 0 Å². The first-order valence-electron chi connectivity index (χ1n) is 5.32. The van der Waals surface area contributed by atoms with E-state index in [0.717, 1.165) is 14.2 Å². The molecule has 0 amide bonds. The molecule has 96 valence electrons. The Morgan fingerprint density at radius 1 is 1.42 bits per heavy atom. The number of pyridine rings is 1. The van der Waals surface area contributed by atoms with Crippen molar-refractivity contribution in [2.75, 3.05) is 0 Å². The topological polar surface area (TPSA) is 76.2 Å². The normalized spacial score (nSPS) is 11.1. The van der Waals surface area contributed by atoms with Crippen molar-refractivity contribution in [1.29, 1.82) is 0 Å². The van der Waals surface area contributed by atoms with Gasteiger partial charge in [-0.1, -0.05) is 0 Å². The minimum absolute atomic E-state index is 0.0455. The van der Waals surface area contributed by atoms with Crippen LogP contribution < -0.4 is 0 Å². The lowest BCUT2D eigenvalue weighted by molar-refractivity contribution is 0.0691. The van der Waals surface area contributed by atoms with Gasteiger partial charge in [0.25, 0.3) is 0 Å². The third-order valence-electron chi connectivity index (χ3n) is 2.54. The highest BCUT2D eigenvalue weighted by Gasteiger charge is 2.14. The molecule has 0 atom stereocenters. The second-order valence-corrected chi connectivity index (χ2v) is 6.28. The van der Waals surface area contributed by atoms with Gasteiger partial charge in [-0.2, -0.15) is 4.98 Å². The van der Waals surface area contributed by atoms with Crippen molar-refractivity contribution >= 4 is 44.5 Å². The predicted molar refractivity (Wildman–Crippen MR) is 74.5 cm³/mol. The Hall–Kier alpha value is -1.73. The molecule has 1 N–H and O–H groups in total. The van der Waals surface area contributed by atoms with Gasteiger partial charge in [-0.15, -0.1) is 11.3 Å². The van der Waals surface area contributed by atoms with Crippen molar-refractivity contribution in [3.63, 3.8) is 0 Å². The molecule has 3 heterocycles. The molecular formula is C12H7BrN2O3S. The van der Waals surface area contributed by atoms with Crippen LogP contribution in [0.25, 0.3) is 22.0 Å². The van der Waals surface area contributed by atoms with Gasteiger partial charge in [0.2, 0.25) is 5.89 Å². The van der Waals surface area contributed by atoms with Crippen LogP contribution >= 0.6 is 27.3 Å². The van der Waals surface area contributed by atoms with Crippen LogP contribution in [0.2, 0.25) is 0 Å². The monoisotopic (exact) mass is 338 g/mol. The van der Waals surface area contributed by atoms with Crippen LogP contribution in [-0.2, 0) is 0 Å². The molecule has 19 heavy (non-hydrogen) atoms. The molecule has 0 aliphatic rings. The highest BCUT2D eigenvalue weighted by atomic mass is 79.9. The first-order valence-corrected chi connectivity index (χ1v) is 6.93. The Balaban J connectivity index is 2.13. The van der Waals surface area contributed by atoms with Gasteiger partial charge in [-0.25, -0.2) is 9.78 Å². The van der Waals surface area contributed by atoms with E-state index in [4.69, 9.17) is 9.52 Å². The van der Waals surface area contributed by atoms with Crippen LogP contribution in [0.15, 0.2) is 26.4 Å². The number of aromatic nitrogens is 2. The van der Waals surface area contributed by atoms with E-state index in [2.05, 4.69) is 25.9 Å². The summed E-state index contributed by atoms with van der Waals surface area (Å²) in [6, 6.07) is 4.92. The highest BCUT2D eigenvalue weighted by molar-refractivity contribution is 9.11. The Bertz CT molecular complexity index is 774. The molecule has 0 fully saturated rings. The number of carboxylic acids is 1. The van der Waals surface area contributed by atoms with E-state index in [9.17, 15) is 4.79 Å². The molecule has 0 radical (unpaired) electrons. The van der Waals surface area contributed by atoms with Gasteiger partial charge in [-0.05, 0) is 46.6 Å². The lowest BCUT2D eigenvalue weighted by Crippen LogP contribution is -1.99. The van der Waals surface area contributed by atoms with Gasteiger partial charge >= 0.3 is 5.97 Å². The average molecular weight is 339 g/mol. The fourth-order valence-corrected chi connectivity index (χ4v) is 3.07. The quantitative estimate of drug-likeness (QED) is 0.770. The van der Waals surface area contributed by atoms with Gasteiger partial charge in [0.1, 0.15) is 0 Å². The summed E-state index contributed by atoms with van der Waals surface area (Å²) in [6.45, 7) is 1.98. The number of nitrogens with zero attached hydrogens (tertiary/aromatic N) is 2. The summed E-state index contributed by atoms with van der Waals surface area (Å²) < 4.78 is 6.60. The fraction of sp³-hybridized carbons (Fsp3) is 0.0833.